The molecule has 0 atom stereocenters. The van der Waals surface area contributed by atoms with Crippen molar-refractivity contribution in [1.29, 1.82) is 0 Å². The maximum Gasteiger partial charge on any atom is 0.259 e. The van der Waals surface area contributed by atoms with E-state index in [9.17, 15) is 9.59 Å². The standard InChI is InChI=1S/C22H21N3O4/c1-28-19-9-6-16(7-10-19)13-24-25-21(26)14-23-22(27)15-29-20-11-8-17-4-2-3-5-18(17)12-20/h2-13H,14-15H2,1H3,(H,23,27)(H,25,26)/b24-13+. The van der Waals surface area contributed by atoms with Gasteiger partial charge in [-0.25, -0.2) is 5.43 Å². The molecule has 2 amide bonds. The van der Waals surface area contributed by atoms with E-state index < -0.39 is 11.8 Å². The summed E-state index contributed by atoms with van der Waals surface area (Å²) in [5.74, 6) is 0.494. The second kappa shape index (κ2) is 9.89. The smallest absolute Gasteiger partial charge is 0.259 e. The van der Waals surface area contributed by atoms with E-state index in [4.69, 9.17) is 9.47 Å². The summed E-state index contributed by atoms with van der Waals surface area (Å²) in [5, 5.41) is 8.46. The Morgan fingerprint density at radius 3 is 2.41 bits per heavy atom. The first kappa shape index (κ1) is 19.9. The van der Waals surface area contributed by atoms with Crippen LogP contribution in [0.5, 0.6) is 11.5 Å². The third-order valence-corrected chi connectivity index (χ3v) is 4.06. The number of rotatable bonds is 8. The number of ether oxygens (including phenoxy) is 2. The number of methoxy groups -OCH3 is 1. The van der Waals surface area contributed by atoms with Crippen LogP contribution in [-0.4, -0.2) is 38.3 Å². The predicted octanol–water partition coefficient (Wildman–Crippen LogP) is 2.49. The Morgan fingerprint density at radius 1 is 0.931 bits per heavy atom. The molecule has 2 N–H and O–H groups in total. The summed E-state index contributed by atoms with van der Waals surface area (Å²) in [4.78, 5) is 23.6. The average molecular weight is 391 g/mol. The number of hydrogen-bond donors (Lipinski definition) is 2. The molecule has 7 heteroatoms. The van der Waals surface area contributed by atoms with Crippen molar-refractivity contribution < 1.29 is 19.1 Å². The normalized spacial score (nSPS) is 10.7. The fourth-order valence-corrected chi connectivity index (χ4v) is 2.54. The molecule has 0 radical (unpaired) electrons. The molecule has 0 aromatic heterocycles. The highest BCUT2D eigenvalue weighted by Gasteiger charge is 2.06. The monoisotopic (exact) mass is 391 g/mol. The van der Waals surface area contributed by atoms with Crippen molar-refractivity contribution in [3.05, 3.63) is 72.3 Å². The van der Waals surface area contributed by atoms with Gasteiger partial charge in [0.1, 0.15) is 11.5 Å². The Morgan fingerprint density at radius 2 is 1.66 bits per heavy atom. The zero-order valence-corrected chi connectivity index (χ0v) is 15.9. The van der Waals surface area contributed by atoms with E-state index in [-0.39, 0.29) is 13.2 Å². The molecular formula is C22H21N3O4. The van der Waals surface area contributed by atoms with Gasteiger partial charge in [-0.15, -0.1) is 0 Å². The van der Waals surface area contributed by atoms with Gasteiger partial charge in [-0.1, -0.05) is 30.3 Å². The molecule has 0 aliphatic heterocycles. The van der Waals surface area contributed by atoms with Crippen LogP contribution < -0.4 is 20.2 Å². The van der Waals surface area contributed by atoms with Gasteiger partial charge in [-0.05, 0) is 52.7 Å². The van der Waals surface area contributed by atoms with Crippen molar-refractivity contribution in [2.24, 2.45) is 5.10 Å². The van der Waals surface area contributed by atoms with Crippen molar-refractivity contribution in [2.75, 3.05) is 20.3 Å². The zero-order valence-electron chi connectivity index (χ0n) is 15.9. The molecule has 0 fully saturated rings. The van der Waals surface area contributed by atoms with Crippen molar-refractivity contribution in [2.45, 2.75) is 0 Å². The number of amides is 2. The predicted molar refractivity (Wildman–Crippen MR) is 111 cm³/mol. The van der Waals surface area contributed by atoms with Crippen LogP contribution in [0, 0.1) is 0 Å². The SMILES string of the molecule is COc1ccc(/C=N/NC(=O)CNC(=O)COc2ccc3ccccc3c2)cc1. The van der Waals surface area contributed by atoms with Crippen LogP contribution >= 0.6 is 0 Å². The fraction of sp³-hybridized carbons (Fsp3) is 0.136. The van der Waals surface area contributed by atoms with E-state index in [1.165, 1.54) is 6.21 Å². The number of benzene rings is 3. The van der Waals surface area contributed by atoms with Crippen LogP contribution in [0.15, 0.2) is 71.8 Å². The number of hydrazone groups is 1. The Hall–Kier alpha value is -3.87. The van der Waals surface area contributed by atoms with Crippen LogP contribution in [0.4, 0.5) is 0 Å². The second-order valence-electron chi connectivity index (χ2n) is 6.14. The Balaban J connectivity index is 1.38. The highest BCUT2D eigenvalue weighted by Crippen LogP contribution is 2.20. The number of carbonyl (C=O) groups excluding carboxylic acids is 2. The zero-order chi connectivity index (χ0) is 20.5. The van der Waals surface area contributed by atoms with Crippen molar-refractivity contribution >= 4 is 28.8 Å². The van der Waals surface area contributed by atoms with Gasteiger partial charge in [-0.2, -0.15) is 5.10 Å². The van der Waals surface area contributed by atoms with E-state index in [1.54, 1.807) is 37.4 Å². The minimum absolute atomic E-state index is 0.180. The highest BCUT2D eigenvalue weighted by atomic mass is 16.5. The summed E-state index contributed by atoms with van der Waals surface area (Å²) in [6, 6.07) is 20.7. The van der Waals surface area contributed by atoms with Crippen molar-refractivity contribution in [1.82, 2.24) is 10.7 Å². The summed E-state index contributed by atoms with van der Waals surface area (Å²) in [7, 11) is 1.59. The summed E-state index contributed by atoms with van der Waals surface area (Å²) in [6.45, 7) is -0.374. The summed E-state index contributed by atoms with van der Waals surface area (Å²) >= 11 is 0. The number of fused-ring (bicyclic) bond motifs is 1. The number of hydrogen-bond acceptors (Lipinski definition) is 5. The Kier molecular flexibility index (Phi) is 6.78. The number of carbonyl (C=O) groups is 2. The number of nitrogens with one attached hydrogen (secondary N) is 2. The molecule has 148 valence electrons. The molecule has 3 rings (SSSR count). The molecule has 0 saturated carbocycles. The molecule has 7 nitrogen and oxygen atoms in total. The average Bonchev–Trinajstić information content (AvgIpc) is 2.76. The quantitative estimate of drug-likeness (QED) is 0.456. The Bertz CT molecular complexity index is 1020. The maximum atomic E-state index is 11.9. The molecule has 0 bridgehead atoms. The van der Waals surface area contributed by atoms with Gasteiger partial charge in [0.05, 0.1) is 19.9 Å². The summed E-state index contributed by atoms with van der Waals surface area (Å²) in [5.41, 5.74) is 3.16. The molecule has 0 heterocycles. The molecular weight excluding hydrogens is 370 g/mol. The first-order chi connectivity index (χ1) is 14.1. The third kappa shape index (κ3) is 6.07. The minimum atomic E-state index is -0.436. The topological polar surface area (TPSA) is 89.0 Å². The molecule has 0 saturated heterocycles. The first-order valence-electron chi connectivity index (χ1n) is 8.98. The van der Waals surface area contributed by atoms with E-state index >= 15 is 0 Å². The lowest BCUT2D eigenvalue weighted by atomic mass is 10.1. The van der Waals surface area contributed by atoms with Gasteiger partial charge in [0.15, 0.2) is 6.61 Å². The lowest BCUT2D eigenvalue weighted by Crippen LogP contribution is -2.37. The molecule has 0 unspecified atom stereocenters. The molecule has 3 aromatic carbocycles. The van der Waals surface area contributed by atoms with Crippen molar-refractivity contribution in [3.8, 4) is 11.5 Å². The molecule has 0 aliphatic rings. The molecule has 0 spiro atoms. The van der Waals surface area contributed by atoms with Crippen LogP contribution in [0.1, 0.15) is 5.56 Å². The lowest BCUT2D eigenvalue weighted by molar-refractivity contribution is -0.127. The van der Waals surface area contributed by atoms with E-state index in [1.807, 2.05) is 36.4 Å². The van der Waals surface area contributed by atoms with Gasteiger partial charge >= 0.3 is 0 Å². The third-order valence-electron chi connectivity index (χ3n) is 4.06. The number of nitrogens with zero attached hydrogens (tertiary/aromatic N) is 1. The fourth-order valence-electron chi connectivity index (χ4n) is 2.54. The van der Waals surface area contributed by atoms with Crippen LogP contribution in [0.2, 0.25) is 0 Å². The van der Waals surface area contributed by atoms with Crippen LogP contribution in [-0.2, 0) is 9.59 Å². The molecule has 29 heavy (non-hydrogen) atoms. The highest BCUT2D eigenvalue weighted by molar-refractivity contribution is 5.87. The summed E-state index contributed by atoms with van der Waals surface area (Å²) < 4.78 is 10.6. The van der Waals surface area contributed by atoms with E-state index in [0.29, 0.717) is 5.75 Å². The first-order valence-corrected chi connectivity index (χ1v) is 8.98. The van der Waals surface area contributed by atoms with Gasteiger partial charge < -0.3 is 14.8 Å². The van der Waals surface area contributed by atoms with Gasteiger partial charge in [0, 0.05) is 0 Å². The maximum absolute atomic E-state index is 11.9. The van der Waals surface area contributed by atoms with Crippen LogP contribution in [0.3, 0.4) is 0 Å². The molecule has 0 aliphatic carbocycles. The van der Waals surface area contributed by atoms with E-state index in [0.717, 1.165) is 22.1 Å². The van der Waals surface area contributed by atoms with Crippen LogP contribution in [0.25, 0.3) is 10.8 Å². The van der Waals surface area contributed by atoms with Gasteiger partial charge in [-0.3, -0.25) is 9.59 Å². The van der Waals surface area contributed by atoms with Gasteiger partial charge in [0.25, 0.3) is 11.8 Å². The van der Waals surface area contributed by atoms with Gasteiger partial charge in [0.2, 0.25) is 0 Å². The second-order valence-corrected chi connectivity index (χ2v) is 6.14. The Labute approximate surface area is 168 Å². The largest absolute Gasteiger partial charge is 0.497 e. The summed E-state index contributed by atoms with van der Waals surface area (Å²) in [6.07, 6.45) is 1.50. The minimum Gasteiger partial charge on any atom is -0.497 e. The molecule has 3 aromatic rings. The van der Waals surface area contributed by atoms with Crippen molar-refractivity contribution in [3.63, 3.8) is 0 Å². The van der Waals surface area contributed by atoms with E-state index in [2.05, 4.69) is 15.8 Å². The lowest BCUT2D eigenvalue weighted by Gasteiger charge is -2.08.